The summed E-state index contributed by atoms with van der Waals surface area (Å²) in [6.45, 7) is 6.35. The lowest BCUT2D eigenvalue weighted by molar-refractivity contribution is -0.384. The van der Waals surface area contributed by atoms with E-state index < -0.39 is 22.5 Å². The van der Waals surface area contributed by atoms with Crippen LogP contribution in [0.4, 0.5) is 16.2 Å². The Morgan fingerprint density at radius 2 is 1.81 bits per heavy atom. The van der Waals surface area contributed by atoms with Crippen LogP contribution in [0, 0.1) is 10.1 Å². The topological polar surface area (TPSA) is 132 Å². The second-order valence-electron chi connectivity index (χ2n) is 6.59. The van der Waals surface area contributed by atoms with Gasteiger partial charge < -0.3 is 25.4 Å². The molecule has 0 aliphatic rings. The van der Waals surface area contributed by atoms with Crippen LogP contribution >= 0.6 is 0 Å². The average Bonchev–Trinajstić information content (AvgIpc) is 2.57. The van der Waals surface area contributed by atoms with Crippen LogP contribution in [0.3, 0.4) is 0 Å². The Morgan fingerprint density at radius 1 is 1.15 bits per heavy atom. The van der Waals surface area contributed by atoms with Gasteiger partial charge in [-0.15, -0.1) is 0 Å². The number of methoxy groups -OCH3 is 1. The lowest BCUT2D eigenvalue weighted by Crippen LogP contribution is -2.37. The molecule has 3 N–H and O–H groups in total. The number of carbonyl (C=O) groups is 2. The quantitative estimate of drug-likeness (QED) is 0.338. The molecule has 0 saturated heterocycles. The highest BCUT2D eigenvalue weighted by molar-refractivity contribution is 5.95. The van der Waals surface area contributed by atoms with E-state index in [0.717, 1.165) is 0 Å². The number of hydrogen-bond donors (Lipinski definition) is 3. The van der Waals surface area contributed by atoms with E-state index in [1.807, 2.05) is 0 Å². The molecule has 10 nitrogen and oxygen atoms in total. The number of rotatable bonds is 9. The number of amides is 2. The molecule has 0 aliphatic carbocycles. The number of nitrogens with one attached hydrogen (secondary N) is 3. The van der Waals surface area contributed by atoms with Gasteiger partial charge in [0.1, 0.15) is 11.3 Å². The minimum absolute atomic E-state index is 0.149. The highest BCUT2D eigenvalue weighted by Crippen LogP contribution is 2.25. The predicted molar refractivity (Wildman–Crippen MR) is 100 cm³/mol. The highest BCUT2D eigenvalue weighted by atomic mass is 16.6. The van der Waals surface area contributed by atoms with Gasteiger partial charge in [-0.25, -0.2) is 4.79 Å². The maximum Gasteiger partial charge on any atom is 0.407 e. The van der Waals surface area contributed by atoms with Gasteiger partial charge in [0.2, 0.25) is 0 Å². The van der Waals surface area contributed by atoms with E-state index in [9.17, 15) is 19.7 Å². The molecular weight excluding hydrogens is 356 g/mol. The lowest BCUT2D eigenvalue weighted by Gasteiger charge is -2.19. The van der Waals surface area contributed by atoms with E-state index in [2.05, 4.69) is 16.0 Å². The number of anilines is 1. The first-order valence-electron chi connectivity index (χ1n) is 8.40. The summed E-state index contributed by atoms with van der Waals surface area (Å²) < 4.78 is 9.96. The molecular formula is C17H26N4O6. The Balaban J connectivity index is 2.58. The van der Waals surface area contributed by atoms with Gasteiger partial charge in [0.15, 0.2) is 0 Å². The summed E-state index contributed by atoms with van der Waals surface area (Å²) in [6, 6.07) is 4.16. The first kappa shape index (κ1) is 22.2. The van der Waals surface area contributed by atoms with Gasteiger partial charge in [-0.3, -0.25) is 14.9 Å². The maximum absolute atomic E-state index is 12.1. The largest absolute Gasteiger partial charge is 0.444 e. The van der Waals surface area contributed by atoms with Crippen molar-refractivity contribution < 1.29 is 24.0 Å². The second kappa shape index (κ2) is 10.3. The molecule has 1 aromatic rings. The second-order valence-corrected chi connectivity index (χ2v) is 6.59. The van der Waals surface area contributed by atoms with Crippen LogP contribution in [0.2, 0.25) is 0 Å². The van der Waals surface area contributed by atoms with Crippen LogP contribution in [0.25, 0.3) is 0 Å². The van der Waals surface area contributed by atoms with Crippen molar-refractivity contribution in [2.75, 3.05) is 38.7 Å². The number of nitrogens with zero attached hydrogens (tertiary/aromatic N) is 1. The smallest absolute Gasteiger partial charge is 0.407 e. The van der Waals surface area contributed by atoms with Crippen LogP contribution in [0.1, 0.15) is 31.1 Å². The zero-order valence-electron chi connectivity index (χ0n) is 16.0. The zero-order valence-corrected chi connectivity index (χ0v) is 16.0. The molecule has 0 bridgehead atoms. The summed E-state index contributed by atoms with van der Waals surface area (Å²) in [6.07, 6.45) is -0.584. The fourth-order valence-electron chi connectivity index (χ4n) is 2.02. The Kier molecular flexibility index (Phi) is 8.46. The van der Waals surface area contributed by atoms with Crippen molar-refractivity contribution in [1.29, 1.82) is 0 Å². The molecule has 0 aliphatic heterocycles. The number of nitro groups is 1. The van der Waals surface area contributed by atoms with Crippen molar-refractivity contribution >= 4 is 23.4 Å². The zero-order chi connectivity index (χ0) is 20.4. The van der Waals surface area contributed by atoms with Gasteiger partial charge in [-0.1, -0.05) is 0 Å². The Bertz CT molecular complexity index is 672. The summed E-state index contributed by atoms with van der Waals surface area (Å²) in [5.41, 5.74) is -0.354. The third kappa shape index (κ3) is 8.36. The fourth-order valence-corrected chi connectivity index (χ4v) is 2.02. The van der Waals surface area contributed by atoms with Crippen LogP contribution in [0.15, 0.2) is 18.2 Å². The molecule has 0 fully saturated rings. The number of ether oxygens (including phenoxy) is 2. The molecule has 0 saturated carbocycles. The summed E-state index contributed by atoms with van der Waals surface area (Å²) in [4.78, 5) is 34.3. The standard InChI is InChI=1S/C17H26N4O6/c1-17(2,3)27-16(23)20-8-7-19-15(22)12-5-6-13(18-9-10-26-4)14(11-12)21(24)25/h5-6,11,18H,7-10H2,1-4H3,(H,19,22)(H,20,23). The van der Waals surface area contributed by atoms with Crippen LogP contribution in [-0.4, -0.2) is 55.9 Å². The van der Waals surface area contributed by atoms with Gasteiger partial charge in [0, 0.05) is 38.4 Å². The normalized spacial score (nSPS) is 10.8. The summed E-state index contributed by atoms with van der Waals surface area (Å²) in [7, 11) is 1.53. The van der Waals surface area contributed by atoms with E-state index in [4.69, 9.17) is 9.47 Å². The van der Waals surface area contributed by atoms with Crippen molar-refractivity contribution in [3.8, 4) is 0 Å². The number of alkyl carbamates (subject to hydrolysis) is 1. The molecule has 27 heavy (non-hydrogen) atoms. The van der Waals surface area contributed by atoms with E-state index in [1.54, 1.807) is 20.8 Å². The molecule has 0 aromatic heterocycles. The highest BCUT2D eigenvalue weighted by Gasteiger charge is 2.18. The third-order valence-electron chi connectivity index (χ3n) is 3.16. The fraction of sp³-hybridized carbons (Fsp3) is 0.529. The number of hydrogen-bond acceptors (Lipinski definition) is 7. The summed E-state index contributed by atoms with van der Waals surface area (Å²) >= 11 is 0. The van der Waals surface area contributed by atoms with Crippen LogP contribution in [0.5, 0.6) is 0 Å². The van der Waals surface area contributed by atoms with Gasteiger partial charge in [-0.2, -0.15) is 0 Å². The van der Waals surface area contributed by atoms with Crippen molar-refractivity contribution in [3.63, 3.8) is 0 Å². The summed E-state index contributed by atoms with van der Waals surface area (Å²) in [5.74, 6) is -0.479. The van der Waals surface area contributed by atoms with E-state index in [-0.39, 0.29) is 24.3 Å². The first-order chi connectivity index (χ1) is 12.6. The van der Waals surface area contributed by atoms with Gasteiger partial charge in [0.05, 0.1) is 11.5 Å². The molecule has 0 atom stereocenters. The third-order valence-corrected chi connectivity index (χ3v) is 3.16. The number of nitro benzene ring substituents is 1. The van der Waals surface area contributed by atoms with Crippen molar-refractivity contribution in [3.05, 3.63) is 33.9 Å². The van der Waals surface area contributed by atoms with Gasteiger partial charge in [-0.05, 0) is 32.9 Å². The van der Waals surface area contributed by atoms with Gasteiger partial charge in [0.25, 0.3) is 11.6 Å². The number of benzene rings is 1. The Labute approximate surface area is 157 Å². The van der Waals surface area contributed by atoms with Crippen molar-refractivity contribution in [2.24, 2.45) is 0 Å². The minimum Gasteiger partial charge on any atom is -0.444 e. The minimum atomic E-state index is -0.606. The first-order valence-corrected chi connectivity index (χ1v) is 8.40. The molecule has 150 valence electrons. The monoisotopic (exact) mass is 382 g/mol. The molecule has 0 spiro atoms. The van der Waals surface area contributed by atoms with Crippen molar-refractivity contribution in [1.82, 2.24) is 10.6 Å². The van der Waals surface area contributed by atoms with E-state index >= 15 is 0 Å². The average molecular weight is 382 g/mol. The molecule has 1 rings (SSSR count). The van der Waals surface area contributed by atoms with Crippen LogP contribution in [-0.2, 0) is 9.47 Å². The predicted octanol–water partition coefficient (Wildman–Crippen LogP) is 1.91. The van der Waals surface area contributed by atoms with Gasteiger partial charge >= 0.3 is 6.09 Å². The maximum atomic E-state index is 12.1. The molecule has 2 amide bonds. The SMILES string of the molecule is COCCNc1ccc(C(=O)NCCNC(=O)OC(C)(C)C)cc1[N+](=O)[O-]. The molecule has 10 heteroatoms. The van der Waals surface area contributed by atoms with E-state index in [0.29, 0.717) is 18.8 Å². The van der Waals surface area contributed by atoms with Crippen molar-refractivity contribution in [2.45, 2.75) is 26.4 Å². The molecule has 1 aromatic carbocycles. The molecule has 0 heterocycles. The summed E-state index contributed by atoms with van der Waals surface area (Å²) in [5, 5.41) is 19.2. The number of carbonyl (C=O) groups excluding carboxylic acids is 2. The Hall–Kier alpha value is -2.88. The molecule has 0 radical (unpaired) electrons. The Morgan fingerprint density at radius 3 is 2.41 bits per heavy atom. The lowest BCUT2D eigenvalue weighted by atomic mass is 10.1. The van der Waals surface area contributed by atoms with E-state index in [1.165, 1.54) is 25.3 Å². The van der Waals surface area contributed by atoms with Crippen LogP contribution < -0.4 is 16.0 Å². The molecule has 0 unspecified atom stereocenters.